The summed E-state index contributed by atoms with van der Waals surface area (Å²) in [6.07, 6.45) is 0. The van der Waals surface area contributed by atoms with Gasteiger partial charge < -0.3 is 10.6 Å². The summed E-state index contributed by atoms with van der Waals surface area (Å²) in [6, 6.07) is 16.5. The molecule has 0 aliphatic rings. The Kier molecular flexibility index (Phi) is 5.94. The molecule has 122 valence electrons. The normalized spacial score (nSPS) is 12.2. The predicted octanol–water partition coefficient (Wildman–Crippen LogP) is 4.23. The first-order valence-corrected chi connectivity index (χ1v) is 8.13. The first-order chi connectivity index (χ1) is 11.0. The van der Waals surface area contributed by atoms with Crippen molar-refractivity contribution in [3.8, 4) is 0 Å². The number of rotatable bonds is 6. The first kappa shape index (κ1) is 17.2. The summed E-state index contributed by atoms with van der Waals surface area (Å²) in [6.45, 7) is 8.68. The van der Waals surface area contributed by atoms with Crippen molar-refractivity contribution >= 4 is 11.6 Å². The lowest BCUT2D eigenvalue weighted by Gasteiger charge is -2.23. The van der Waals surface area contributed by atoms with Crippen molar-refractivity contribution in [3.05, 3.63) is 65.2 Å². The van der Waals surface area contributed by atoms with Gasteiger partial charge in [-0.15, -0.1) is 0 Å². The van der Waals surface area contributed by atoms with E-state index in [2.05, 4.69) is 42.7 Å². The molecule has 0 aliphatic carbocycles. The summed E-state index contributed by atoms with van der Waals surface area (Å²) in [5, 5.41) is 6.36. The van der Waals surface area contributed by atoms with Gasteiger partial charge in [-0.05, 0) is 37.0 Å². The number of aryl methyl sites for hydroxylation is 2. The van der Waals surface area contributed by atoms with E-state index >= 15 is 0 Å². The maximum atomic E-state index is 12.2. The Labute approximate surface area is 139 Å². The van der Waals surface area contributed by atoms with Crippen molar-refractivity contribution in [2.24, 2.45) is 5.92 Å². The van der Waals surface area contributed by atoms with E-state index in [9.17, 15) is 4.79 Å². The second kappa shape index (κ2) is 7.93. The topological polar surface area (TPSA) is 41.1 Å². The molecule has 0 unspecified atom stereocenters. The third kappa shape index (κ3) is 4.93. The van der Waals surface area contributed by atoms with Crippen LogP contribution in [0.1, 0.15) is 36.6 Å². The maximum Gasteiger partial charge on any atom is 0.238 e. The fourth-order valence-electron chi connectivity index (χ4n) is 2.75. The van der Waals surface area contributed by atoms with Crippen LogP contribution in [0.15, 0.2) is 48.5 Å². The first-order valence-electron chi connectivity index (χ1n) is 8.13. The van der Waals surface area contributed by atoms with Gasteiger partial charge in [0.2, 0.25) is 5.91 Å². The SMILES string of the molecule is Cc1ccc(NC(=O)CN[C@@H](c2ccccc2)C(C)C)c(C)c1. The van der Waals surface area contributed by atoms with Crippen molar-refractivity contribution in [2.75, 3.05) is 11.9 Å². The lowest BCUT2D eigenvalue weighted by atomic mass is 9.96. The van der Waals surface area contributed by atoms with E-state index < -0.39 is 0 Å². The molecule has 0 heterocycles. The van der Waals surface area contributed by atoms with Gasteiger partial charge in [0, 0.05) is 11.7 Å². The van der Waals surface area contributed by atoms with E-state index in [1.807, 2.05) is 44.2 Å². The highest BCUT2D eigenvalue weighted by molar-refractivity contribution is 5.93. The Bertz CT molecular complexity index is 650. The minimum atomic E-state index is -0.0152. The fourth-order valence-corrected chi connectivity index (χ4v) is 2.75. The summed E-state index contributed by atoms with van der Waals surface area (Å²) >= 11 is 0. The summed E-state index contributed by atoms with van der Waals surface area (Å²) in [4.78, 5) is 12.2. The highest BCUT2D eigenvalue weighted by atomic mass is 16.1. The predicted molar refractivity (Wildman–Crippen MR) is 96.6 cm³/mol. The molecule has 3 heteroatoms. The van der Waals surface area contributed by atoms with Crippen LogP contribution in [-0.4, -0.2) is 12.5 Å². The number of anilines is 1. The zero-order chi connectivity index (χ0) is 16.8. The van der Waals surface area contributed by atoms with Gasteiger partial charge in [-0.25, -0.2) is 0 Å². The maximum absolute atomic E-state index is 12.2. The molecule has 1 atom stereocenters. The second-order valence-corrected chi connectivity index (χ2v) is 6.38. The Balaban J connectivity index is 1.97. The summed E-state index contributed by atoms with van der Waals surface area (Å²) in [7, 11) is 0. The third-order valence-electron chi connectivity index (χ3n) is 3.96. The van der Waals surface area contributed by atoms with Crippen LogP contribution in [0.2, 0.25) is 0 Å². The molecular formula is C20H26N2O. The van der Waals surface area contributed by atoms with Crippen LogP contribution < -0.4 is 10.6 Å². The van der Waals surface area contributed by atoms with Crippen molar-refractivity contribution in [3.63, 3.8) is 0 Å². The van der Waals surface area contributed by atoms with Crippen LogP contribution >= 0.6 is 0 Å². The van der Waals surface area contributed by atoms with Crippen LogP contribution in [-0.2, 0) is 4.79 Å². The number of hydrogen-bond acceptors (Lipinski definition) is 2. The molecule has 1 amide bonds. The van der Waals surface area contributed by atoms with Gasteiger partial charge in [0.1, 0.15) is 0 Å². The van der Waals surface area contributed by atoms with Gasteiger partial charge in [-0.3, -0.25) is 4.79 Å². The largest absolute Gasteiger partial charge is 0.325 e. The molecule has 0 bridgehead atoms. The second-order valence-electron chi connectivity index (χ2n) is 6.38. The Morgan fingerprint density at radius 1 is 1.04 bits per heavy atom. The van der Waals surface area contributed by atoms with E-state index in [-0.39, 0.29) is 11.9 Å². The zero-order valence-corrected chi connectivity index (χ0v) is 14.4. The molecule has 0 aliphatic heterocycles. The van der Waals surface area contributed by atoms with Gasteiger partial charge in [0.25, 0.3) is 0 Å². The van der Waals surface area contributed by atoms with Crippen molar-refractivity contribution in [1.82, 2.24) is 5.32 Å². The van der Waals surface area contributed by atoms with Gasteiger partial charge in [-0.1, -0.05) is 61.9 Å². The number of nitrogens with one attached hydrogen (secondary N) is 2. The lowest BCUT2D eigenvalue weighted by molar-refractivity contribution is -0.115. The summed E-state index contributed by atoms with van der Waals surface area (Å²) in [5.74, 6) is 0.393. The Morgan fingerprint density at radius 2 is 1.74 bits per heavy atom. The number of amides is 1. The lowest BCUT2D eigenvalue weighted by Crippen LogP contribution is -2.33. The van der Waals surface area contributed by atoms with E-state index in [1.54, 1.807) is 0 Å². The third-order valence-corrected chi connectivity index (χ3v) is 3.96. The highest BCUT2D eigenvalue weighted by Crippen LogP contribution is 2.21. The van der Waals surface area contributed by atoms with Crippen molar-refractivity contribution in [1.29, 1.82) is 0 Å². The molecule has 0 saturated carbocycles. The molecule has 0 spiro atoms. The monoisotopic (exact) mass is 310 g/mol. The molecule has 0 radical (unpaired) electrons. The van der Waals surface area contributed by atoms with Gasteiger partial charge >= 0.3 is 0 Å². The highest BCUT2D eigenvalue weighted by Gasteiger charge is 2.16. The van der Waals surface area contributed by atoms with Crippen LogP contribution in [0.25, 0.3) is 0 Å². The van der Waals surface area contributed by atoms with E-state index in [1.165, 1.54) is 11.1 Å². The molecule has 0 fully saturated rings. The van der Waals surface area contributed by atoms with E-state index in [0.29, 0.717) is 12.5 Å². The number of carbonyl (C=O) groups is 1. The molecule has 23 heavy (non-hydrogen) atoms. The smallest absolute Gasteiger partial charge is 0.238 e. The average molecular weight is 310 g/mol. The average Bonchev–Trinajstić information content (AvgIpc) is 2.51. The number of benzene rings is 2. The van der Waals surface area contributed by atoms with E-state index in [0.717, 1.165) is 11.3 Å². The van der Waals surface area contributed by atoms with Gasteiger partial charge in [0.05, 0.1) is 6.54 Å². The standard InChI is InChI=1S/C20H26N2O/c1-14(2)20(17-8-6-5-7-9-17)21-13-19(23)22-18-11-10-15(3)12-16(18)4/h5-12,14,20-21H,13H2,1-4H3,(H,22,23)/t20-/m1/s1. The fraction of sp³-hybridized carbons (Fsp3) is 0.350. The molecule has 3 nitrogen and oxygen atoms in total. The molecule has 0 aromatic heterocycles. The number of hydrogen-bond donors (Lipinski definition) is 2. The van der Waals surface area contributed by atoms with Crippen LogP contribution in [0.5, 0.6) is 0 Å². The molecule has 0 saturated heterocycles. The quantitative estimate of drug-likeness (QED) is 0.838. The van der Waals surface area contributed by atoms with Crippen molar-refractivity contribution in [2.45, 2.75) is 33.7 Å². The number of carbonyl (C=O) groups excluding carboxylic acids is 1. The molecule has 2 aromatic carbocycles. The zero-order valence-electron chi connectivity index (χ0n) is 14.4. The summed E-state index contributed by atoms with van der Waals surface area (Å²) in [5.41, 5.74) is 4.37. The van der Waals surface area contributed by atoms with Gasteiger partial charge in [0.15, 0.2) is 0 Å². The Morgan fingerprint density at radius 3 is 2.35 bits per heavy atom. The Hall–Kier alpha value is -2.13. The van der Waals surface area contributed by atoms with Crippen LogP contribution in [0.3, 0.4) is 0 Å². The molecular weight excluding hydrogens is 284 g/mol. The molecule has 2 N–H and O–H groups in total. The minimum Gasteiger partial charge on any atom is -0.325 e. The van der Waals surface area contributed by atoms with E-state index in [4.69, 9.17) is 0 Å². The van der Waals surface area contributed by atoms with Crippen LogP contribution in [0, 0.1) is 19.8 Å². The molecule has 2 rings (SSSR count). The minimum absolute atomic E-state index is 0.0152. The summed E-state index contributed by atoms with van der Waals surface area (Å²) < 4.78 is 0. The van der Waals surface area contributed by atoms with Crippen molar-refractivity contribution < 1.29 is 4.79 Å². The van der Waals surface area contributed by atoms with Crippen LogP contribution in [0.4, 0.5) is 5.69 Å². The molecule has 2 aromatic rings. The van der Waals surface area contributed by atoms with Gasteiger partial charge in [-0.2, -0.15) is 0 Å².